The lowest BCUT2D eigenvalue weighted by Gasteiger charge is -2.14. The highest BCUT2D eigenvalue weighted by molar-refractivity contribution is 6.37. The molecule has 1 aromatic carbocycles. The van der Waals surface area contributed by atoms with Crippen molar-refractivity contribution in [2.45, 2.75) is 54.5 Å². The summed E-state index contributed by atoms with van der Waals surface area (Å²) in [6.07, 6.45) is 7.49. The summed E-state index contributed by atoms with van der Waals surface area (Å²) in [6, 6.07) is 2.82. The fourth-order valence-electron chi connectivity index (χ4n) is 3.00. The number of rotatable bonds is 8. The number of H-pyrrole nitrogens is 1. The van der Waals surface area contributed by atoms with Crippen molar-refractivity contribution in [2.24, 2.45) is 5.92 Å². The SMILES string of the molecule is C=C(/C=C(\C(=O)NC)C(C)C)Oc1c(Cl)cc(-n2nc(Cn3ccnc3)c(=O)[nH]c2=O)cc1Cl.CC.CCC. The van der Waals surface area contributed by atoms with Crippen molar-refractivity contribution in [1.29, 1.82) is 0 Å². The van der Waals surface area contributed by atoms with Gasteiger partial charge in [-0.2, -0.15) is 9.78 Å². The zero-order valence-corrected chi connectivity index (χ0v) is 24.9. The van der Waals surface area contributed by atoms with Crippen LogP contribution >= 0.6 is 23.2 Å². The van der Waals surface area contributed by atoms with Crippen LogP contribution in [0.1, 0.15) is 53.7 Å². The Bertz CT molecular complexity index is 1370. The second-order valence-electron chi connectivity index (χ2n) is 8.20. The van der Waals surface area contributed by atoms with Gasteiger partial charge in [-0.3, -0.25) is 14.6 Å². The topological polar surface area (TPSA) is 124 Å². The molecule has 2 aromatic heterocycles. The molecule has 39 heavy (non-hydrogen) atoms. The van der Waals surface area contributed by atoms with Crippen molar-refractivity contribution >= 4 is 29.1 Å². The molecular formula is C27H36Cl2N6O4. The van der Waals surface area contributed by atoms with E-state index in [2.05, 4.69) is 40.8 Å². The number of carbonyl (C=O) groups excluding carboxylic acids is 1. The van der Waals surface area contributed by atoms with Crippen LogP contribution in [0.4, 0.5) is 0 Å². The molecule has 3 rings (SSSR count). The number of hydrogen-bond donors (Lipinski definition) is 2. The first kappa shape index (κ1) is 33.4. The van der Waals surface area contributed by atoms with E-state index in [1.54, 1.807) is 17.0 Å². The van der Waals surface area contributed by atoms with E-state index < -0.39 is 11.2 Å². The number of imidazole rings is 1. The van der Waals surface area contributed by atoms with Gasteiger partial charge in [0.05, 0.1) is 28.6 Å². The van der Waals surface area contributed by atoms with Crippen LogP contribution in [-0.2, 0) is 11.3 Å². The van der Waals surface area contributed by atoms with Gasteiger partial charge < -0.3 is 14.6 Å². The highest BCUT2D eigenvalue weighted by Gasteiger charge is 2.17. The molecule has 3 aromatic rings. The molecule has 0 fully saturated rings. The molecule has 1 amide bonds. The fourth-order valence-corrected chi connectivity index (χ4v) is 3.56. The summed E-state index contributed by atoms with van der Waals surface area (Å²) in [5, 5.41) is 6.86. The average molecular weight is 580 g/mol. The number of likely N-dealkylation sites (N-methyl/N-ethyl adjacent to an activating group) is 1. The Morgan fingerprint density at radius 2 is 1.79 bits per heavy atom. The van der Waals surface area contributed by atoms with Crippen molar-refractivity contribution < 1.29 is 9.53 Å². The third-order valence-electron chi connectivity index (χ3n) is 4.68. The lowest BCUT2D eigenvalue weighted by Crippen LogP contribution is -2.34. The smallest absolute Gasteiger partial charge is 0.349 e. The fraction of sp³-hybridized carbons (Fsp3) is 0.370. The number of carbonyl (C=O) groups is 1. The maximum absolute atomic E-state index is 12.4. The molecule has 0 saturated carbocycles. The quantitative estimate of drug-likeness (QED) is 0.217. The molecule has 0 aliphatic heterocycles. The van der Waals surface area contributed by atoms with Crippen LogP contribution in [0.15, 0.2) is 64.4 Å². The minimum absolute atomic E-state index is 0.0687. The van der Waals surface area contributed by atoms with E-state index >= 15 is 0 Å². The second-order valence-corrected chi connectivity index (χ2v) is 9.01. The third kappa shape index (κ3) is 9.56. The normalized spacial score (nSPS) is 10.7. The Balaban J connectivity index is 0.00000142. The molecule has 0 bridgehead atoms. The number of benzene rings is 1. The number of nitrogens with zero attached hydrogens (tertiary/aromatic N) is 4. The molecule has 0 unspecified atom stereocenters. The molecular weight excluding hydrogens is 543 g/mol. The predicted molar refractivity (Wildman–Crippen MR) is 156 cm³/mol. The van der Waals surface area contributed by atoms with Gasteiger partial charge in [0, 0.05) is 25.0 Å². The number of hydrogen-bond acceptors (Lipinski definition) is 6. The molecule has 0 radical (unpaired) electrons. The van der Waals surface area contributed by atoms with E-state index in [1.165, 1.54) is 38.0 Å². The third-order valence-corrected chi connectivity index (χ3v) is 5.24. The highest BCUT2D eigenvalue weighted by atomic mass is 35.5. The van der Waals surface area contributed by atoms with E-state index in [0.29, 0.717) is 5.57 Å². The number of halogens is 2. The summed E-state index contributed by atoms with van der Waals surface area (Å²) in [5.41, 5.74) is -0.623. The Morgan fingerprint density at radius 3 is 2.28 bits per heavy atom. The van der Waals surface area contributed by atoms with Gasteiger partial charge in [0.15, 0.2) is 5.75 Å². The van der Waals surface area contributed by atoms with Crippen LogP contribution in [0.5, 0.6) is 5.75 Å². The van der Waals surface area contributed by atoms with Gasteiger partial charge in [-0.1, -0.05) is 77.7 Å². The van der Waals surface area contributed by atoms with Gasteiger partial charge in [0.25, 0.3) is 5.56 Å². The van der Waals surface area contributed by atoms with Crippen LogP contribution in [0, 0.1) is 5.92 Å². The largest absolute Gasteiger partial charge is 0.455 e. The molecule has 0 aliphatic rings. The van der Waals surface area contributed by atoms with Crippen molar-refractivity contribution in [2.75, 3.05) is 7.05 Å². The van der Waals surface area contributed by atoms with Crippen LogP contribution in [0.3, 0.4) is 0 Å². The van der Waals surface area contributed by atoms with E-state index in [9.17, 15) is 14.4 Å². The second kappa shape index (κ2) is 16.4. The van der Waals surface area contributed by atoms with Crippen molar-refractivity contribution in [3.8, 4) is 11.4 Å². The summed E-state index contributed by atoms with van der Waals surface area (Å²) in [5.74, 6) is -0.110. The summed E-state index contributed by atoms with van der Waals surface area (Å²) >= 11 is 12.8. The van der Waals surface area contributed by atoms with Crippen molar-refractivity contribution in [3.05, 3.63) is 91.4 Å². The van der Waals surface area contributed by atoms with Gasteiger partial charge >= 0.3 is 5.69 Å². The maximum Gasteiger partial charge on any atom is 0.349 e. The zero-order chi connectivity index (χ0) is 29.7. The highest BCUT2D eigenvalue weighted by Crippen LogP contribution is 2.36. The lowest BCUT2D eigenvalue weighted by atomic mass is 10.0. The number of aromatic nitrogens is 5. The molecule has 12 heteroatoms. The summed E-state index contributed by atoms with van der Waals surface area (Å²) in [7, 11) is 1.53. The van der Waals surface area contributed by atoms with E-state index in [4.69, 9.17) is 27.9 Å². The molecule has 0 atom stereocenters. The van der Waals surface area contributed by atoms with Crippen molar-refractivity contribution in [3.63, 3.8) is 0 Å². The zero-order valence-electron chi connectivity index (χ0n) is 23.3. The monoisotopic (exact) mass is 578 g/mol. The molecule has 10 nitrogen and oxygen atoms in total. The molecule has 0 saturated heterocycles. The molecule has 2 N–H and O–H groups in total. The Kier molecular flexibility index (Phi) is 14.0. The van der Waals surface area contributed by atoms with Gasteiger partial charge in [0.1, 0.15) is 11.5 Å². The first-order valence-electron chi connectivity index (χ1n) is 12.5. The Morgan fingerprint density at radius 1 is 1.21 bits per heavy atom. The summed E-state index contributed by atoms with van der Waals surface area (Å²) in [4.78, 5) is 42.8. The summed E-state index contributed by atoms with van der Waals surface area (Å²) in [6.45, 7) is 15.9. The van der Waals surface area contributed by atoms with Crippen molar-refractivity contribution in [1.82, 2.24) is 29.6 Å². The Labute approximate surface area is 238 Å². The van der Waals surface area contributed by atoms with Crippen LogP contribution in [0.2, 0.25) is 10.0 Å². The summed E-state index contributed by atoms with van der Waals surface area (Å²) < 4.78 is 8.30. The Hall–Kier alpha value is -3.63. The first-order valence-corrected chi connectivity index (χ1v) is 13.3. The van der Waals surface area contributed by atoms with Crippen LogP contribution in [-0.4, -0.2) is 37.3 Å². The van der Waals surface area contributed by atoms with Crippen LogP contribution < -0.4 is 21.3 Å². The minimum Gasteiger partial charge on any atom is -0.455 e. The number of amides is 1. The van der Waals surface area contributed by atoms with Gasteiger partial charge in [-0.05, 0) is 24.1 Å². The predicted octanol–water partition coefficient (Wildman–Crippen LogP) is 5.14. The maximum atomic E-state index is 12.4. The lowest BCUT2D eigenvalue weighted by molar-refractivity contribution is -0.117. The van der Waals surface area contributed by atoms with E-state index in [-0.39, 0.29) is 51.3 Å². The minimum atomic E-state index is -0.764. The molecule has 0 aliphatic carbocycles. The number of ether oxygens (including phenoxy) is 1. The number of allylic oxidation sites excluding steroid dienone is 1. The molecule has 0 spiro atoms. The molecule has 2 heterocycles. The van der Waals surface area contributed by atoms with E-state index in [0.717, 1.165) is 4.68 Å². The standard InChI is InChI=1S/C22H22Cl2N6O4.C3H8.C2H6/c1-12(2)15(20(31)25-4)7-13(3)34-19-16(23)8-14(9-17(19)24)30-22(33)27-21(32)18(28-30)10-29-6-5-26-11-29;1-3-2;1-2/h5-9,11-12H,3,10H2,1-2,4H3,(H,25,31)(H,27,32,33);3H2,1-2H3;1-2H3/b15-7-;;. The average Bonchev–Trinajstić information content (AvgIpc) is 3.40. The number of nitrogens with one attached hydrogen (secondary N) is 2. The van der Waals surface area contributed by atoms with E-state index in [1.807, 2.05) is 27.7 Å². The number of aromatic amines is 1. The van der Waals surface area contributed by atoms with Gasteiger partial charge in [0.2, 0.25) is 5.91 Å². The van der Waals surface area contributed by atoms with Crippen LogP contribution in [0.25, 0.3) is 5.69 Å². The molecule has 212 valence electrons. The van der Waals surface area contributed by atoms with Gasteiger partial charge in [-0.25, -0.2) is 9.78 Å². The first-order chi connectivity index (χ1) is 18.5. The van der Waals surface area contributed by atoms with Gasteiger partial charge in [-0.15, -0.1) is 0 Å².